The molecule has 13 heteroatoms. The van der Waals surface area contributed by atoms with Crippen molar-refractivity contribution in [3.05, 3.63) is 0 Å². The van der Waals surface area contributed by atoms with E-state index >= 15 is 0 Å². The summed E-state index contributed by atoms with van der Waals surface area (Å²) in [6.07, 6.45) is -2.36. The van der Waals surface area contributed by atoms with E-state index in [4.69, 9.17) is 14.0 Å². The van der Waals surface area contributed by atoms with E-state index in [9.17, 15) is 39.1 Å². The lowest BCUT2D eigenvalue weighted by Gasteiger charge is -2.66. The number of aliphatic hydroxyl groups is 6. The van der Waals surface area contributed by atoms with E-state index in [1.54, 1.807) is 0 Å². The van der Waals surface area contributed by atoms with E-state index in [0.29, 0.717) is 25.7 Å². The van der Waals surface area contributed by atoms with Crippen LogP contribution in [0.25, 0.3) is 0 Å². The van der Waals surface area contributed by atoms with E-state index in [1.807, 2.05) is 13.8 Å². The van der Waals surface area contributed by atoms with E-state index in [-0.39, 0.29) is 58.9 Å². The molecule has 0 radical (unpaired) electrons. The van der Waals surface area contributed by atoms with Crippen molar-refractivity contribution in [3.8, 4) is 0 Å². The number of aliphatic hydroxyl groups excluding tert-OH is 5. The molecule has 4 unspecified atom stereocenters. The standard InChI is InChI=1S/C32H56O12S/c1-16(2)23(43-29-27(37)26(36)24(15-42-29)44-45(39,40)41)7-6-17(3)19-13-21(34)28-31(19,5)11-9-25-30(4)10-8-18(33)12-20(30)22(35)14-32(25,28)38/h16-29,33-38H,6-15H2,1-5H3,(H,39,40,41)/t17-,18+,19-,20+,21?,22+,23+,24-,25?,26+,27-,28?,29+,30+,31-,32?/m1/s1. The van der Waals surface area contributed by atoms with Crippen molar-refractivity contribution in [1.82, 2.24) is 0 Å². The molecular weight excluding hydrogens is 608 g/mol. The average Bonchev–Trinajstić information content (AvgIpc) is 3.21. The Morgan fingerprint density at radius 2 is 1.58 bits per heavy atom. The van der Waals surface area contributed by atoms with Gasteiger partial charge in [0, 0.05) is 12.3 Å². The summed E-state index contributed by atoms with van der Waals surface area (Å²) in [5.41, 5.74) is -1.82. The topological polar surface area (TPSA) is 203 Å². The van der Waals surface area contributed by atoms with Crippen LogP contribution in [-0.4, -0.2) is 105 Å². The third-order valence-corrected chi connectivity index (χ3v) is 13.6. The van der Waals surface area contributed by atoms with Gasteiger partial charge in [0.05, 0.1) is 36.6 Å². The zero-order valence-electron chi connectivity index (χ0n) is 27.2. The van der Waals surface area contributed by atoms with Gasteiger partial charge in [-0.15, -0.1) is 0 Å². The van der Waals surface area contributed by atoms with Crippen LogP contribution in [0, 0.1) is 46.3 Å². The van der Waals surface area contributed by atoms with Crippen molar-refractivity contribution < 1.29 is 57.3 Å². The Kier molecular flexibility index (Phi) is 10.2. The number of hydrogen-bond donors (Lipinski definition) is 7. The molecule has 1 saturated heterocycles. The number of rotatable bonds is 9. The summed E-state index contributed by atoms with van der Waals surface area (Å²) in [7, 11) is -4.85. The fraction of sp³-hybridized carbons (Fsp3) is 1.00. The molecule has 0 bridgehead atoms. The van der Waals surface area contributed by atoms with Gasteiger partial charge in [0.1, 0.15) is 18.3 Å². The Morgan fingerprint density at radius 3 is 2.22 bits per heavy atom. The van der Waals surface area contributed by atoms with Gasteiger partial charge in [0.25, 0.3) is 0 Å². The van der Waals surface area contributed by atoms with Crippen molar-refractivity contribution in [2.24, 2.45) is 46.3 Å². The molecule has 1 aliphatic heterocycles. The predicted molar refractivity (Wildman–Crippen MR) is 162 cm³/mol. The van der Waals surface area contributed by atoms with E-state index in [1.165, 1.54) is 0 Å². The molecule has 1 heterocycles. The van der Waals surface area contributed by atoms with E-state index in [0.717, 1.165) is 25.7 Å². The zero-order chi connectivity index (χ0) is 33.3. The first-order valence-corrected chi connectivity index (χ1v) is 18.2. The van der Waals surface area contributed by atoms with Gasteiger partial charge in [0.15, 0.2) is 6.29 Å². The lowest BCUT2D eigenvalue weighted by molar-refractivity contribution is -0.284. The molecule has 4 aliphatic carbocycles. The molecule has 45 heavy (non-hydrogen) atoms. The highest BCUT2D eigenvalue weighted by Gasteiger charge is 2.70. The first-order valence-electron chi connectivity index (χ1n) is 16.9. The summed E-state index contributed by atoms with van der Waals surface area (Å²) in [6, 6.07) is 0. The van der Waals surface area contributed by atoms with Crippen molar-refractivity contribution in [2.45, 2.75) is 147 Å². The fourth-order valence-electron chi connectivity index (χ4n) is 10.9. The summed E-state index contributed by atoms with van der Waals surface area (Å²) >= 11 is 0. The molecule has 5 aliphatic rings. The van der Waals surface area contributed by atoms with Gasteiger partial charge in [-0.25, -0.2) is 4.18 Å². The van der Waals surface area contributed by atoms with E-state index in [2.05, 4.69) is 25.0 Å². The molecule has 262 valence electrons. The first-order chi connectivity index (χ1) is 20.8. The largest absolute Gasteiger partial charge is 0.397 e. The molecule has 0 amide bonds. The zero-order valence-corrected chi connectivity index (χ0v) is 28.1. The first kappa shape index (κ1) is 35.8. The highest BCUT2D eigenvalue weighted by atomic mass is 32.3. The lowest BCUT2D eigenvalue weighted by atomic mass is 9.42. The van der Waals surface area contributed by atoms with Gasteiger partial charge >= 0.3 is 10.4 Å². The molecule has 5 fully saturated rings. The molecule has 0 spiro atoms. The fourth-order valence-corrected chi connectivity index (χ4v) is 11.4. The normalized spacial score (nSPS) is 50.0. The minimum atomic E-state index is -4.85. The van der Waals surface area contributed by atoms with Crippen LogP contribution in [0.4, 0.5) is 0 Å². The second-order valence-electron chi connectivity index (χ2n) is 16.0. The highest BCUT2D eigenvalue weighted by Crippen LogP contribution is 2.69. The second kappa shape index (κ2) is 12.8. The number of ether oxygens (including phenoxy) is 2. The third kappa shape index (κ3) is 6.50. The molecule has 12 nitrogen and oxygen atoms in total. The van der Waals surface area contributed by atoms with Crippen LogP contribution in [0.1, 0.15) is 92.4 Å². The van der Waals surface area contributed by atoms with Crippen molar-refractivity contribution in [1.29, 1.82) is 0 Å². The van der Waals surface area contributed by atoms with Crippen LogP contribution in [0.3, 0.4) is 0 Å². The maximum Gasteiger partial charge on any atom is 0.397 e. The Bertz CT molecular complexity index is 1150. The minimum absolute atomic E-state index is 0.0250. The van der Waals surface area contributed by atoms with E-state index < -0.39 is 65.5 Å². The molecule has 0 aromatic heterocycles. The van der Waals surface area contributed by atoms with Gasteiger partial charge < -0.3 is 40.1 Å². The highest BCUT2D eigenvalue weighted by molar-refractivity contribution is 7.80. The van der Waals surface area contributed by atoms with Gasteiger partial charge in [-0.1, -0.05) is 34.6 Å². The molecule has 0 aromatic carbocycles. The van der Waals surface area contributed by atoms with Crippen LogP contribution >= 0.6 is 0 Å². The molecular formula is C32H56O12S. The molecule has 0 aromatic rings. The second-order valence-corrected chi connectivity index (χ2v) is 17.1. The van der Waals surface area contributed by atoms with Gasteiger partial charge in [-0.2, -0.15) is 8.42 Å². The average molecular weight is 665 g/mol. The van der Waals surface area contributed by atoms with Crippen LogP contribution in [-0.2, 0) is 24.1 Å². The monoisotopic (exact) mass is 664 g/mol. The number of fused-ring (bicyclic) bond motifs is 5. The quantitative estimate of drug-likeness (QED) is 0.176. The van der Waals surface area contributed by atoms with Gasteiger partial charge in [-0.3, -0.25) is 4.55 Å². The summed E-state index contributed by atoms with van der Waals surface area (Å²) in [5, 5.41) is 66.8. The summed E-state index contributed by atoms with van der Waals surface area (Å²) in [5.74, 6) is -0.161. The summed E-state index contributed by atoms with van der Waals surface area (Å²) < 4.78 is 47.1. The van der Waals surface area contributed by atoms with Crippen LogP contribution < -0.4 is 0 Å². The molecule has 16 atom stereocenters. The van der Waals surface area contributed by atoms with Crippen LogP contribution in [0.5, 0.6) is 0 Å². The summed E-state index contributed by atoms with van der Waals surface area (Å²) in [6.45, 7) is 10.1. The SMILES string of the molecule is CC(C)[C@H](CC[C@@H](C)[C@H]1CC(O)C2C3(O)C[C@H](O)[C@@H]4C[C@@H](O)CC[C@]4(C)C3CC[C@@]21C)O[C@@H]1OC[C@@H](OS(=O)(=O)O)[C@H](O)[C@H]1O. The Morgan fingerprint density at radius 1 is 0.911 bits per heavy atom. The maximum atomic E-state index is 12.5. The number of hydrogen-bond acceptors (Lipinski definition) is 11. The smallest absolute Gasteiger partial charge is 0.393 e. The maximum absolute atomic E-state index is 12.5. The Labute approximate surface area is 267 Å². The third-order valence-electron chi connectivity index (χ3n) is 13.1. The van der Waals surface area contributed by atoms with Gasteiger partial charge in [-0.05, 0) is 91.8 Å². The van der Waals surface area contributed by atoms with Crippen molar-refractivity contribution in [2.75, 3.05) is 6.61 Å². The Balaban J connectivity index is 1.25. The molecule has 4 saturated carbocycles. The molecule has 5 rings (SSSR count). The summed E-state index contributed by atoms with van der Waals surface area (Å²) in [4.78, 5) is 0. The lowest BCUT2D eigenvalue weighted by Crippen LogP contribution is -2.68. The van der Waals surface area contributed by atoms with Gasteiger partial charge in [0.2, 0.25) is 0 Å². The predicted octanol–water partition coefficient (Wildman–Crippen LogP) is 1.79. The van der Waals surface area contributed by atoms with Crippen molar-refractivity contribution in [3.63, 3.8) is 0 Å². The molecule has 7 N–H and O–H groups in total. The minimum Gasteiger partial charge on any atom is -0.393 e. The van der Waals surface area contributed by atoms with Crippen molar-refractivity contribution >= 4 is 10.4 Å². The van der Waals surface area contributed by atoms with Crippen LogP contribution in [0.15, 0.2) is 0 Å². The Hall–Kier alpha value is -0.450. The van der Waals surface area contributed by atoms with Crippen LogP contribution in [0.2, 0.25) is 0 Å².